The maximum atomic E-state index is 14.6. The summed E-state index contributed by atoms with van der Waals surface area (Å²) >= 11 is 0. The molecule has 1 fully saturated rings. The van der Waals surface area contributed by atoms with Crippen LogP contribution in [0.3, 0.4) is 0 Å². The topological polar surface area (TPSA) is 74.8 Å². The molecule has 0 amide bonds. The lowest BCUT2D eigenvalue weighted by Gasteiger charge is -2.29. The first kappa shape index (κ1) is 20.0. The molecule has 3 aromatic rings. The lowest BCUT2D eigenvalue weighted by atomic mass is 9.84. The quantitative estimate of drug-likeness (QED) is 0.633. The Morgan fingerprint density at radius 2 is 1.90 bits per heavy atom. The largest absolute Gasteiger partial charge is 0.358 e. The zero-order chi connectivity index (χ0) is 20.6. The van der Waals surface area contributed by atoms with Gasteiger partial charge >= 0.3 is 0 Å². The highest BCUT2D eigenvalue weighted by Gasteiger charge is 2.28. The molecule has 0 unspecified atom stereocenters. The van der Waals surface area contributed by atoms with Crippen molar-refractivity contribution in [3.05, 3.63) is 54.1 Å². The van der Waals surface area contributed by atoms with Gasteiger partial charge in [-0.25, -0.2) is 17.5 Å². The minimum Gasteiger partial charge on any atom is -0.358 e. The van der Waals surface area contributed by atoms with Gasteiger partial charge in [0.2, 0.25) is 10.0 Å². The summed E-state index contributed by atoms with van der Waals surface area (Å²) in [5, 5.41) is 0.412. The lowest BCUT2D eigenvalue weighted by Crippen LogP contribution is -2.40. The molecule has 0 aliphatic heterocycles. The molecule has 1 aromatic carbocycles. The molecule has 4 rings (SSSR count). The van der Waals surface area contributed by atoms with E-state index >= 15 is 0 Å². The Bertz CT molecular complexity index is 1100. The maximum absolute atomic E-state index is 14.6. The molecular weight excluding hydrogens is 389 g/mol. The van der Waals surface area contributed by atoms with Crippen LogP contribution in [0.15, 0.2) is 42.6 Å². The number of nitrogens with zero attached hydrogens (tertiary/aromatic N) is 1. The van der Waals surface area contributed by atoms with E-state index in [1.807, 2.05) is 24.3 Å². The minimum atomic E-state index is -3.25. The molecule has 5 nitrogen and oxygen atoms in total. The fraction of sp³-hybridized carbons (Fsp3) is 0.409. The van der Waals surface area contributed by atoms with E-state index in [1.165, 1.54) is 6.07 Å². The summed E-state index contributed by atoms with van der Waals surface area (Å²) in [5.41, 5.74) is 3.11. The first-order valence-corrected chi connectivity index (χ1v) is 11.6. The van der Waals surface area contributed by atoms with E-state index in [0.717, 1.165) is 42.3 Å². The van der Waals surface area contributed by atoms with Crippen molar-refractivity contribution in [1.29, 1.82) is 0 Å². The molecule has 1 saturated carbocycles. The third-order valence-corrected chi connectivity index (χ3v) is 7.72. The standard InChI is InChI=1S/C22H26FN3O2S/c1-14(2)29(27,28)26-16-8-6-15(7-9-16)21-13-17-19(25-21)11-10-18(23)22(17)20-5-3-4-12-24-20/h3-5,10-16,25-26H,6-9H2,1-2H3. The number of H-pyrrole nitrogens is 1. The lowest BCUT2D eigenvalue weighted by molar-refractivity contribution is 0.370. The smallest absolute Gasteiger partial charge is 0.214 e. The zero-order valence-corrected chi connectivity index (χ0v) is 17.5. The Morgan fingerprint density at radius 3 is 2.55 bits per heavy atom. The van der Waals surface area contributed by atoms with Crippen LogP contribution in [0.25, 0.3) is 22.2 Å². The number of pyridine rings is 1. The molecule has 154 valence electrons. The van der Waals surface area contributed by atoms with Crippen LogP contribution in [0.4, 0.5) is 4.39 Å². The molecule has 0 bridgehead atoms. The first-order chi connectivity index (χ1) is 13.8. The summed E-state index contributed by atoms with van der Waals surface area (Å²) in [7, 11) is -3.25. The Balaban J connectivity index is 1.56. The molecule has 1 aliphatic carbocycles. The summed E-state index contributed by atoms with van der Waals surface area (Å²) in [4.78, 5) is 7.77. The van der Waals surface area contributed by atoms with Gasteiger partial charge in [0, 0.05) is 34.4 Å². The Kier molecular flexibility index (Phi) is 5.44. The normalized spacial score (nSPS) is 20.4. The fourth-order valence-electron chi connectivity index (χ4n) is 4.08. The molecule has 7 heteroatoms. The number of aromatic nitrogens is 2. The molecule has 0 atom stereocenters. The highest BCUT2D eigenvalue weighted by Crippen LogP contribution is 2.37. The summed E-state index contributed by atoms with van der Waals surface area (Å²) in [6.07, 6.45) is 5.04. The fourth-order valence-corrected chi connectivity index (χ4v) is 5.05. The van der Waals surface area contributed by atoms with Gasteiger partial charge in [0.15, 0.2) is 0 Å². The second kappa shape index (κ2) is 7.88. The van der Waals surface area contributed by atoms with Gasteiger partial charge < -0.3 is 4.98 Å². The van der Waals surface area contributed by atoms with Gasteiger partial charge in [-0.1, -0.05) is 6.07 Å². The number of aromatic amines is 1. The van der Waals surface area contributed by atoms with E-state index in [4.69, 9.17) is 0 Å². The van der Waals surface area contributed by atoms with E-state index in [-0.39, 0.29) is 11.9 Å². The second-order valence-corrected chi connectivity index (χ2v) is 10.4. The zero-order valence-electron chi connectivity index (χ0n) is 16.7. The van der Waals surface area contributed by atoms with Crippen molar-refractivity contribution < 1.29 is 12.8 Å². The predicted octanol–water partition coefficient (Wildman–Crippen LogP) is 4.72. The number of nitrogens with one attached hydrogen (secondary N) is 2. The van der Waals surface area contributed by atoms with Crippen molar-refractivity contribution in [2.24, 2.45) is 0 Å². The van der Waals surface area contributed by atoms with Crippen molar-refractivity contribution in [1.82, 2.24) is 14.7 Å². The van der Waals surface area contributed by atoms with Gasteiger partial charge in [-0.15, -0.1) is 0 Å². The number of benzene rings is 1. The van der Waals surface area contributed by atoms with E-state index < -0.39 is 15.3 Å². The van der Waals surface area contributed by atoms with E-state index in [0.29, 0.717) is 17.2 Å². The summed E-state index contributed by atoms with van der Waals surface area (Å²) < 4.78 is 41.7. The number of fused-ring (bicyclic) bond motifs is 1. The minimum absolute atomic E-state index is 0.00967. The van der Waals surface area contributed by atoms with Crippen LogP contribution < -0.4 is 4.72 Å². The van der Waals surface area contributed by atoms with Crippen molar-refractivity contribution in [3.8, 4) is 11.3 Å². The van der Waals surface area contributed by atoms with Gasteiger partial charge in [0.25, 0.3) is 0 Å². The molecule has 0 saturated heterocycles. The molecule has 0 spiro atoms. The Morgan fingerprint density at radius 1 is 1.14 bits per heavy atom. The predicted molar refractivity (Wildman–Crippen MR) is 114 cm³/mol. The van der Waals surface area contributed by atoms with Crippen LogP contribution in [-0.4, -0.2) is 29.7 Å². The monoisotopic (exact) mass is 415 g/mol. The van der Waals surface area contributed by atoms with Gasteiger partial charge in [-0.05, 0) is 75.8 Å². The Hall–Kier alpha value is -2.25. The third-order valence-electron chi connectivity index (χ3n) is 5.81. The first-order valence-electron chi connectivity index (χ1n) is 10.1. The summed E-state index contributed by atoms with van der Waals surface area (Å²) in [5.74, 6) is 0.0235. The summed E-state index contributed by atoms with van der Waals surface area (Å²) in [6, 6.07) is 10.8. The molecule has 2 aromatic heterocycles. The van der Waals surface area contributed by atoms with E-state index in [9.17, 15) is 12.8 Å². The molecule has 2 heterocycles. The van der Waals surface area contributed by atoms with Crippen LogP contribution in [0.2, 0.25) is 0 Å². The van der Waals surface area contributed by atoms with Crippen molar-refractivity contribution >= 4 is 20.9 Å². The average molecular weight is 416 g/mol. The molecule has 0 radical (unpaired) electrons. The van der Waals surface area contributed by atoms with Crippen LogP contribution >= 0.6 is 0 Å². The van der Waals surface area contributed by atoms with Crippen LogP contribution in [0, 0.1) is 5.82 Å². The third kappa shape index (κ3) is 4.07. The average Bonchev–Trinajstić information content (AvgIpc) is 3.13. The van der Waals surface area contributed by atoms with E-state index in [2.05, 4.69) is 14.7 Å². The van der Waals surface area contributed by atoms with Gasteiger partial charge in [0.05, 0.1) is 10.9 Å². The van der Waals surface area contributed by atoms with Crippen molar-refractivity contribution in [3.63, 3.8) is 0 Å². The number of halogens is 1. The number of rotatable bonds is 5. The maximum Gasteiger partial charge on any atom is 0.214 e. The molecule has 29 heavy (non-hydrogen) atoms. The van der Waals surface area contributed by atoms with Crippen molar-refractivity contribution in [2.75, 3.05) is 0 Å². The molecular formula is C22H26FN3O2S. The van der Waals surface area contributed by atoms with Gasteiger partial charge in [-0.3, -0.25) is 4.98 Å². The van der Waals surface area contributed by atoms with Gasteiger partial charge in [0.1, 0.15) is 5.82 Å². The van der Waals surface area contributed by atoms with Crippen LogP contribution in [0.1, 0.15) is 51.1 Å². The molecule has 1 aliphatic rings. The molecule has 2 N–H and O–H groups in total. The highest BCUT2D eigenvalue weighted by atomic mass is 32.2. The number of sulfonamides is 1. The highest BCUT2D eigenvalue weighted by molar-refractivity contribution is 7.90. The van der Waals surface area contributed by atoms with E-state index in [1.54, 1.807) is 26.1 Å². The Labute approximate surface area is 170 Å². The second-order valence-electron chi connectivity index (χ2n) is 8.08. The van der Waals surface area contributed by atoms with Crippen molar-refractivity contribution in [2.45, 2.75) is 56.7 Å². The van der Waals surface area contributed by atoms with Crippen LogP contribution in [0.5, 0.6) is 0 Å². The SMILES string of the molecule is CC(C)S(=O)(=O)NC1CCC(c2cc3c(-c4ccccn4)c(F)ccc3[nH]2)CC1. The van der Waals surface area contributed by atoms with Gasteiger partial charge in [-0.2, -0.15) is 0 Å². The van der Waals surface area contributed by atoms with Crippen LogP contribution in [-0.2, 0) is 10.0 Å². The number of hydrogen-bond donors (Lipinski definition) is 2. The number of hydrogen-bond acceptors (Lipinski definition) is 3. The summed E-state index contributed by atoms with van der Waals surface area (Å²) in [6.45, 7) is 3.38.